The van der Waals surface area contributed by atoms with Crippen LogP contribution in [0.3, 0.4) is 0 Å². The summed E-state index contributed by atoms with van der Waals surface area (Å²) >= 11 is 0. The Kier molecular flexibility index (Phi) is 3.78. The van der Waals surface area contributed by atoms with Crippen LogP contribution in [0.2, 0.25) is 0 Å². The minimum atomic E-state index is 0.0461. The van der Waals surface area contributed by atoms with Gasteiger partial charge < -0.3 is 20.5 Å². The van der Waals surface area contributed by atoms with E-state index in [0.29, 0.717) is 0 Å². The number of hydrogen-bond acceptors (Lipinski definition) is 4. The summed E-state index contributed by atoms with van der Waals surface area (Å²) < 4.78 is 10.6. The van der Waals surface area contributed by atoms with Gasteiger partial charge in [-0.15, -0.1) is 0 Å². The molecule has 18 heavy (non-hydrogen) atoms. The van der Waals surface area contributed by atoms with Crippen LogP contribution in [0.1, 0.15) is 24.4 Å². The molecule has 0 radical (unpaired) electrons. The Hall–Kier alpha value is -1.26. The van der Waals surface area contributed by atoms with E-state index in [2.05, 4.69) is 5.32 Å². The second kappa shape index (κ2) is 5.16. The first-order valence-corrected chi connectivity index (χ1v) is 6.29. The van der Waals surface area contributed by atoms with Gasteiger partial charge in [0, 0.05) is 18.0 Å². The lowest BCUT2D eigenvalue weighted by Gasteiger charge is -2.24. The Morgan fingerprint density at radius 3 is 2.44 bits per heavy atom. The molecule has 100 valence electrons. The molecule has 1 fully saturated rings. The molecule has 1 saturated carbocycles. The third-order valence-corrected chi connectivity index (χ3v) is 3.85. The molecule has 3 N–H and O–H groups in total. The number of rotatable bonds is 6. The van der Waals surface area contributed by atoms with Crippen LogP contribution < -0.4 is 20.5 Å². The molecular formula is C14H22N2O2. The average molecular weight is 250 g/mol. The van der Waals surface area contributed by atoms with Gasteiger partial charge in [-0.05, 0) is 37.6 Å². The molecule has 0 bridgehead atoms. The van der Waals surface area contributed by atoms with Crippen molar-refractivity contribution >= 4 is 0 Å². The van der Waals surface area contributed by atoms with Crippen LogP contribution in [0.5, 0.6) is 11.5 Å². The van der Waals surface area contributed by atoms with Gasteiger partial charge in [0.15, 0.2) is 11.5 Å². The molecule has 4 heteroatoms. The van der Waals surface area contributed by atoms with Gasteiger partial charge in [0.2, 0.25) is 0 Å². The van der Waals surface area contributed by atoms with E-state index in [-0.39, 0.29) is 11.5 Å². The lowest BCUT2D eigenvalue weighted by Crippen LogP contribution is -2.31. The molecule has 0 aromatic heterocycles. The Labute approximate surface area is 108 Å². The first-order valence-electron chi connectivity index (χ1n) is 6.29. The lowest BCUT2D eigenvalue weighted by molar-refractivity contribution is 0.351. The van der Waals surface area contributed by atoms with E-state index in [0.717, 1.165) is 23.6 Å². The van der Waals surface area contributed by atoms with E-state index in [1.807, 2.05) is 25.2 Å². The molecule has 2 rings (SSSR count). The van der Waals surface area contributed by atoms with Gasteiger partial charge in [-0.25, -0.2) is 0 Å². The summed E-state index contributed by atoms with van der Waals surface area (Å²) in [7, 11) is 5.26. The normalized spacial score (nSPS) is 18.2. The second-order valence-electron chi connectivity index (χ2n) is 4.98. The minimum absolute atomic E-state index is 0.0461. The fourth-order valence-corrected chi connectivity index (χ4v) is 2.51. The zero-order valence-corrected chi connectivity index (χ0v) is 11.3. The summed E-state index contributed by atoms with van der Waals surface area (Å²) in [6.07, 6.45) is 2.37. The zero-order valence-electron chi connectivity index (χ0n) is 11.3. The highest BCUT2D eigenvalue weighted by Crippen LogP contribution is 2.53. The second-order valence-corrected chi connectivity index (χ2v) is 4.98. The molecule has 4 nitrogen and oxygen atoms in total. The quantitative estimate of drug-likeness (QED) is 0.807. The van der Waals surface area contributed by atoms with E-state index in [1.165, 1.54) is 12.8 Å². The Morgan fingerprint density at radius 2 is 1.94 bits per heavy atom. The fraction of sp³-hybridized carbons (Fsp3) is 0.571. The number of ether oxygens (including phenoxy) is 2. The lowest BCUT2D eigenvalue weighted by atomic mass is 9.90. The molecule has 0 saturated heterocycles. The van der Waals surface area contributed by atoms with E-state index in [9.17, 15) is 0 Å². The molecule has 1 aromatic rings. The summed E-state index contributed by atoms with van der Waals surface area (Å²) in [6, 6.07) is 5.98. The van der Waals surface area contributed by atoms with Gasteiger partial charge in [-0.2, -0.15) is 0 Å². The molecule has 1 aliphatic rings. The predicted molar refractivity (Wildman–Crippen MR) is 72.1 cm³/mol. The minimum Gasteiger partial charge on any atom is -0.493 e. The molecule has 1 aromatic carbocycles. The number of methoxy groups -OCH3 is 2. The number of hydrogen-bond donors (Lipinski definition) is 2. The average Bonchev–Trinajstić information content (AvgIpc) is 3.18. The van der Waals surface area contributed by atoms with Crippen molar-refractivity contribution in [2.24, 2.45) is 11.1 Å². The summed E-state index contributed by atoms with van der Waals surface area (Å²) in [5.41, 5.74) is 7.73. The van der Waals surface area contributed by atoms with Crippen LogP contribution in [0.15, 0.2) is 18.2 Å². The summed E-state index contributed by atoms with van der Waals surface area (Å²) in [5, 5.41) is 3.24. The fourth-order valence-electron chi connectivity index (χ4n) is 2.51. The van der Waals surface area contributed by atoms with Crippen molar-refractivity contribution < 1.29 is 9.47 Å². The van der Waals surface area contributed by atoms with Gasteiger partial charge in [0.25, 0.3) is 0 Å². The molecule has 0 amide bonds. The largest absolute Gasteiger partial charge is 0.493 e. The van der Waals surface area contributed by atoms with Crippen LogP contribution in [-0.2, 0) is 0 Å². The van der Waals surface area contributed by atoms with Crippen molar-refractivity contribution in [2.75, 3.05) is 27.8 Å². The van der Waals surface area contributed by atoms with Crippen LogP contribution in [-0.4, -0.2) is 27.8 Å². The van der Waals surface area contributed by atoms with Gasteiger partial charge in [-0.3, -0.25) is 0 Å². The van der Waals surface area contributed by atoms with E-state index in [1.54, 1.807) is 14.2 Å². The Balaban J connectivity index is 2.23. The number of nitrogens with two attached hydrogens (primary N) is 1. The maximum atomic E-state index is 6.40. The van der Waals surface area contributed by atoms with Crippen molar-refractivity contribution in [1.29, 1.82) is 0 Å². The number of benzene rings is 1. The molecule has 1 unspecified atom stereocenters. The van der Waals surface area contributed by atoms with Gasteiger partial charge >= 0.3 is 0 Å². The summed E-state index contributed by atoms with van der Waals surface area (Å²) in [5.74, 6) is 1.48. The molecule has 0 heterocycles. The summed E-state index contributed by atoms with van der Waals surface area (Å²) in [4.78, 5) is 0. The standard InChI is InChI=1S/C14H22N2O2/c1-16-9-14(6-7-14)13(15)10-4-5-11(17-2)12(8-10)18-3/h4-5,8,13,16H,6-7,9,15H2,1-3H3. The third kappa shape index (κ3) is 2.31. The van der Waals surface area contributed by atoms with Gasteiger partial charge in [0.1, 0.15) is 0 Å². The molecular weight excluding hydrogens is 228 g/mol. The summed E-state index contributed by atoms with van der Waals surface area (Å²) in [6.45, 7) is 0.961. The molecule has 0 aliphatic heterocycles. The predicted octanol–water partition coefficient (Wildman–Crippen LogP) is 1.70. The van der Waals surface area contributed by atoms with Crippen molar-refractivity contribution in [1.82, 2.24) is 5.32 Å². The topological polar surface area (TPSA) is 56.5 Å². The van der Waals surface area contributed by atoms with E-state index < -0.39 is 0 Å². The molecule has 0 spiro atoms. The van der Waals surface area contributed by atoms with Crippen molar-refractivity contribution in [3.8, 4) is 11.5 Å². The van der Waals surface area contributed by atoms with Crippen LogP contribution in [0.25, 0.3) is 0 Å². The highest BCUT2D eigenvalue weighted by molar-refractivity contribution is 5.44. The van der Waals surface area contributed by atoms with Crippen molar-refractivity contribution in [3.05, 3.63) is 23.8 Å². The zero-order chi connectivity index (χ0) is 13.2. The van der Waals surface area contributed by atoms with Crippen molar-refractivity contribution in [2.45, 2.75) is 18.9 Å². The van der Waals surface area contributed by atoms with Crippen LogP contribution in [0.4, 0.5) is 0 Å². The highest BCUT2D eigenvalue weighted by atomic mass is 16.5. The number of nitrogens with one attached hydrogen (secondary N) is 1. The van der Waals surface area contributed by atoms with Gasteiger partial charge in [0.05, 0.1) is 14.2 Å². The van der Waals surface area contributed by atoms with E-state index in [4.69, 9.17) is 15.2 Å². The maximum absolute atomic E-state index is 6.40. The molecule has 1 atom stereocenters. The van der Waals surface area contributed by atoms with Crippen LogP contribution >= 0.6 is 0 Å². The van der Waals surface area contributed by atoms with Crippen molar-refractivity contribution in [3.63, 3.8) is 0 Å². The maximum Gasteiger partial charge on any atom is 0.161 e. The Bertz CT molecular complexity index is 416. The smallest absolute Gasteiger partial charge is 0.161 e. The van der Waals surface area contributed by atoms with E-state index >= 15 is 0 Å². The first kappa shape index (κ1) is 13.2. The SMILES string of the molecule is CNCC1(C(N)c2ccc(OC)c(OC)c2)CC1. The first-order chi connectivity index (χ1) is 8.66. The third-order valence-electron chi connectivity index (χ3n) is 3.85. The highest BCUT2D eigenvalue weighted by Gasteiger charge is 2.47. The monoisotopic (exact) mass is 250 g/mol. The van der Waals surface area contributed by atoms with Crippen LogP contribution in [0, 0.1) is 5.41 Å². The Morgan fingerprint density at radius 1 is 1.28 bits per heavy atom. The van der Waals surface area contributed by atoms with Gasteiger partial charge in [-0.1, -0.05) is 6.07 Å². The molecule has 1 aliphatic carbocycles.